The number of morpholine rings is 1. The van der Waals surface area contributed by atoms with Crippen molar-refractivity contribution in [1.82, 2.24) is 24.6 Å². The first-order valence-corrected chi connectivity index (χ1v) is 12.1. The van der Waals surface area contributed by atoms with Crippen molar-refractivity contribution >= 4 is 51.1 Å². The number of fused-ring (bicyclic) bond motifs is 2. The van der Waals surface area contributed by atoms with E-state index in [0.717, 1.165) is 79.0 Å². The summed E-state index contributed by atoms with van der Waals surface area (Å²) in [4.78, 5) is 21.0. The average molecular weight is 482 g/mol. The lowest BCUT2D eigenvalue weighted by atomic mass is 10.2. The van der Waals surface area contributed by atoms with E-state index in [0.29, 0.717) is 11.5 Å². The quantitative estimate of drug-likeness (QED) is 0.322. The number of anilines is 4. The molecule has 2 N–H and O–H groups in total. The van der Waals surface area contributed by atoms with Crippen LogP contribution in [0.3, 0.4) is 0 Å². The van der Waals surface area contributed by atoms with Gasteiger partial charge in [0, 0.05) is 49.6 Å². The molecule has 0 aliphatic carbocycles. The van der Waals surface area contributed by atoms with E-state index in [1.54, 1.807) is 17.3 Å². The Kier molecular flexibility index (Phi) is 6.06. The lowest BCUT2D eigenvalue weighted by molar-refractivity contribution is -0.106. The zero-order valence-corrected chi connectivity index (χ0v) is 19.8. The molecule has 0 bridgehead atoms. The summed E-state index contributed by atoms with van der Waals surface area (Å²) in [6, 6.07) is 17.9. The molecule has 2 aromatic carbocycles. The number of carbonyl (C=O) groups excluding carboxylic acids is 1. The Hall–Kier alpha value is -4.21. The van der Waals surface area contributed by atoms with E-state index in [9.17, 15) is 4.79 Å². The van der Waals surface area contributed by atoms with E-state index in [4.69, 9.17) is 4.74 Å². The Morgan fingerprint density at radius 1 is 1.06 bits per heavy atom. The average Bonchev–Trinajstić information content (AvgIpc) is 3.56. The molecule has 1 aliphatic heterocycles. The largest absolute Gasteiger partial charge is 0.379 e. The van der Waals surface area contributed by atoms with Gasteiger partial charge in [0.2, 0.25) is 6.41 Å². The molecule has 6 rings (SSSR count). The second-order valence-corrected chi connectivity index (χ2v) is 8.85. The number of pyridine rings is 1. The van der Waals surface area contributed by atoms with Crippen LogP contribution in [0, 0.1) is 0 Å². The van der Waals surface area contributed by atoms with Crippen molar-refractivity contribution in [2.24, 2.45) is 0 Å². The van der Waals surface area contributed by atoms with Crippen molar-refractivity contribution < 1.29 is 9.53 Å². The van der Waals surface area contributed by atoms with Gasteiger partial charge in [-0.3, -0.25) is 19.7 Å². The summed E-state index contributed by atoms with van der Waals surface area (Å²) in [5.41, 5.74) is 4.32. The van der Waals surface area contributed by atoms with Crippen molar-refractivity contribution in [3.05, 3.63) is 73.2 Å². The molecule has 0 spiro atoms. The summed E-state index contributed by atoms with van der Waals surface area (Å²) in [5, 5.41) is 12.6. The minimum atomic E-state index is 0.589. The van der Waals surface area contributed by atoms with Gasteiger partial charge in [0.25, 0.3) is 0 Å². The van der Waals surface area contributed by atoms with E-state index < -0.39 is 0 Å². The SMILES string of the molecule is O=CN(c1ccc2ccn(CCN3CCOCC3)c2c1)c1cccnc1Nc1ccc2cn[nH]c2c1. The van der Waals surface area contributed by atoms with Crippen LogP contribution in [0.5, 0.6) is 0 Å². The molecule has 0 atom stereocenters. The topological polar surface area (TPSA) is 91.3 Å². The summed E-state index contributed by atoms with van der Waals surface area (Å²) >= 11 is 0. The lowest BCUT2D eigenvalue weighted by Gasteiger charge is -2.26. The minimum Gasteiger partial charge on any atom is -0.379 e. The second-order valence-electron chi connectivity index (χ2n) is 8.85. The van der Waals surface area contributed by atoms with Crippen LogP contribution in [0.15, 0.2) is 73.2 Å². The molecule has 0 saturated carbocycles. The van der Waals surface area contributed by atoms with Crippen molar-refractivity contribution in [1.29, 1.82) is 0 Å². The second kappa shape index (κ2) is 9.80. The van der Waals surface area contributed by atoms with Crippen LogP contribution in [-0.4, -0.2) is 63.9 Å². The number of carbonyl (C=O) groups is 1. The molecule has 5 aromatic rings. The number of nitrogens with one attached hydrogen (secondary N) is 2. The summed E-state index contributed by atoms with van der Waals surface area (Å²) in [5.74, 6) is 0.589. The molecule has 0 radical (unpaired) electrons. The highest BCUT2D eigenvalue weighted by Gasteiger charge is 2.16. The maximum atomic E-state index is 12.4. The number of amides is 1. The molecule has 1 amide bonds. The normalized spacial score (nSPS) is 14.3. The molecular formula is C27H27N7O2. The van der Waals surface area contributed by atoms with Crippen LogP contribution in [0.2, 0.25) is 0 Å². The number of benzene rings is 2. The van der Waals surface area contributed by atoms with Gasteiger partial charge in [-0.15, -0.1) is 0 Å². The maximum absolute atomic E-state index is 12.4. The lowest BCUT2D eigenvalue weighted by Crippen LogP contribution is -2.38. The fourth-order valence-corrected chi connectivity index (χ4v) is 4.69. The molecule has 1 saturated heterocycles. The third-order valence-electron chi connectivity index (χ3n) is 6.65. The predicted octanol–water partition coefficient (Wildman–Crippen LogP) is 4.28. The first-order chi connectivity index (χ1) is 17.8. The smallest absolute Gasteiger partial charge is 0.218 e. The van der Waals surface area contributed by atoms with E-state index >= 15 is 0 Å². The number of aromatic amines is 1. The molecule has 4 heterocycles. The number of nitrogens with zero attached hydrogens (tertiary/aromatic N) is 5. The van der Waals surface area contributed by atoms with Crippen molar-refractivity contribution in [3.63, 3.8) is 0 Å². The molecule has 1 fully saturated rings. The number of ether oxygens (including phenoxy) is 1. The van der Waals surface area contributed by atoms with Crippen molar-refractivity contribution in [2.45, 2.75) is 6.54 Å². The van der Waals surface area contributed by atoms with Gasteiger partial charge in [0.05, 0.1) is 41.8 Å². The third kappa shape index (κ3) is 4.41. The minimum absolute atomic E-state index is 0.589. The molecule has 1 aliphatic rings. The van der Waals surface area contributed by atoms with E-state index in [-0.39, 0.29) is 0 Å². The molecule has 0 unspecified atom stereocenters. The van der Waals surface area contributed by atoms with Crippen LogP contribution in [0.25, 0.3) is 21.8 Å². The molecular weight excluding hydrogens is 454 g/mol. The first kappa shape index (κ1) is 22.3. The monoisotopic (exact) mass is 481 g/mol. The number of aromatic nitrogens is 4. The van der Waals surface area contributed by atoms with Crippen molar-refractivity contribution in [2.75, 3.05) is 43.1 Å². The third-order valence-corrected chi connectivity index (χ3v) is 6.65. The first-order valence-electron chi connectivity index (χ1n) is 12.1. The van der Waals surface area contributed by atoms with Gasteiger partial charge >= 0.3 is 0 Å². The van der Waals surface area contributed by atoms with Gasteiger partial charge in [-0.25, -0.2) is 4.98 Å². The Bertz CT molecular complexity index is 1500. The van der Waals surface area contributed by atoms with Gasteiger partial charge < -0.3 is 14.6 Å². The Labute approximate surface area is 208 Å². The van der Waals surface area contributed by atoms with Gasteiger partial charge in [-0.2, -0.15) is 5.10 Å². The Morgan fingerprint density at radius 3 is 2.83 bits per heavy atom. The molecule has 182 valence electrons. The fourth-order valence-electron chi connectivity index (χ4n) is 4.69. The van der Waals surface area contributed by atoms with E-state index in [1.165, 1.54) is 0 Å². The van der Waals surface area contributed by atoms with Crippen LogP contribution in [0.4, 0.5) is 22.9 Å². The predicted molar refractivity (Wildman–Crippen MR) is 141 cm³/mol. The molecule has 9 heteroatoms. The van der Waals surface area contributed by atoms with Gasteiger partial charge in [-0.1, -0.05) is 6.07 Å². The number of hydrogen-bond acceptors (Lipinski definition) is 6. The summed E-state index contributed by atoms with van der Waals surface area (Å²) in [7, 11) is 0. The zero-order chi connectivity index (χ0) is 24.3. The number of rotatable bonds is 8. The Balaban J connectivity index is 1.28. The highest BCUT2D eigenvalue weighted by Crippen LogP contribution is 2.33. The molecule has 3 aromatic heterocycles. The maximum Gasteiger partial charge on any atom is 0.218 e. The highest BCUT2D eigenvalue weighted by atomic mass is 16.5. The van der Waals surface area contributed by atoms with Crippen LogP contribution in [-0.2, 0) is 16.1 Å². The molecule has 9 nitrogen and oxygen atoms in total. The Morgan fingerprint density at radius 2 is 1.94 bits per heavy atom. The summed E-state index contributed by atoms with van der Waals surface area (Å²) in [6.07, 6.45) is 6.45. The molecule has 36 heavy (non-hydrogen) atoms. The van der Waals surface area contributed by atoms with E-state index in [1.807, 2.05) is 36.4 Å². The number of hydrogen-bond donors (Lipinski definition) is 2. The summed E-state index contributed by atoms with van der Waals surface area (Å²) in [6.45, 7) is 5.36. The number of H-pyrrole nitrogens is 1. The highest BCUT2D eigenvalue weighted by molar-refractivity contribution is 5.95. The van der Waals surface area contributed by atoms with Crippen molar-refractivity contribution in [3.8, 4) is 0 Å². The fraction of sp³-hybridized carbons (Fsp3) is 0.222. The van der Waals surface area contributed by atoms with Gasteiger partial charge in [-0.05, 0) is 53.9 Å². The van der Waals surface area contributed by atoms with Crippen LogP contribution in [0.1, 0.15) is 0 Å². The standard InChI is InChI=1S/C27H27N7O2/c35-19-34(25-2-1-8-28-27(25)30-22-5-3-21-18-29-31-24(21)16-22)23-6-4-20-7-9-33(26(20)17-23)11-10-32-12-14-36-15-13-32/h1-9,16-19H,10-15H2,(H,28,30)(H,29,31). The van der Waals surface area contributed by atoms with E-state index in [2.05, 4.69) is 54.4 Å². The van der Waals surface area contributed by atoms with Gasteiger partial charge in [0.1, 0.15) is 0 Å². The van der Waals surface area contributed by atoms with Crippen LogP contribution >= 0.6 is 0 Å². The van der Waals surface area contributed by atoms with Crippen LogP contribution < -0.4 is 10.2 Å². The van der Waals surface area contributed by atoms with Gasteiger partial charge in [0.15, 0.2) is 5.82 Å². The summed E-state index contributed by atoms with van der Waals surface area (Å²) < 4.78 is 7.71. The zero-order valence-electron chi connectivity index (χ0n) is 19.8.